The summed E-state index contributed by atoms with van der Waals surface area (Å²) in [6.07, 6.45) is 2.09. The molecular formula is C20H21NOS. The number of phenolic OH excluding ortho intramolecular Hbond substituents is 1. The highest BCUT2D eigenvalue weighted by molar-refractivity contribution is 7.98. The summed E-state index contributed by atoms with van der Waals surface area (Å²) in [5.41, 5.74) is 2.27. The number of fused-ring (bicyclic) bond motifs is 1. The molecule has 0 spiro atoms. The van der Waals surface area contributed by atoms with Crippen LogP contribution in [0.1, 0.15) is 11.1 Å². The van der Waals surface area contributed by atoms with Crippen molar-refractivity contribution < 1.29 is 5.11 Å². The number of phenols is 1. The van der Waals surface area contributed by atoms with Gasteiger partial charge in [0.1, 0.15) is 5.75 Å². The van der Waals surface area contributed by atoms with E-state index in [0.717, 1.165) is 29.4 Å². The molecule has 0 unspecified atom stereocenters. The molecule has 1 N–H and O–H groups in total. The first-order chi connectivity index (χ1) is 11.2. The van der Waals surface area contributed by atoms with Crippen molar-refractivity contribution in [2.45, 2.75) is 18.0 Å². The molecule has 23 heavy (non-hydrogen) atoms. The molecule has 0 aliphatic heterocycles. The lowest BCUT2D eigenvalue weighted by molar-refractivity contribution is 0.314. The highest BCUT2D eigenvalue weighted by atomic mass is 32.2. The Balaban J connectivity index is 1.79. The van der Waals surface area contributed by atoms with Crippen molar-refractivity contribution >= 4 is 22.5 Å². The van der Waals surface area contributed by atoms with Crippen molar-refractivity contribution in [2.75, 3.05) is 13.3 Å². The number of benzene rings is 3. The number of aromatic hydroxyl groups is 1. The molecule has 0 aromatic heterocycles. The van der Waals surface area contributed by atoms with Crippen LogP contribution in [0.3, 0.4) is 0 Å². The molecule has 2 nitrogen and oxygen atoms in total. The fraction of sp³-hybridized carbons (Fsp3) is 0.200. The molecule has 3 aromatic carbocycles. The van der Waals surface area contributed by atoms with Gasteiger partial charge in [0.2, 0.25) is 0 Å². The molecule has 3 rings (SSSR count). The van der Waals surface area contributed by atoms with Gasteiger partial charge in [-0.25, -0.2) is 0 Å². The maximum atomic E-state index is 10.3. The molecule has 0 heterocycles. The predicted octanol–water partition coefficient (Wildman–Crippen LogP) is 4.90. The van der Waals surface area contributed by atoms with Gasteiger partial charge >= 0.3 is 0 Å². The van der Waals surface area contributed by atoms with Gasteiger partial charge in [-0.2, -0.15) is 0 Å². The number of hydrogen-bond acceptors (Lipinski definition) is 3. The normalized spacial score (nSPS) is 11.3. The van der Waals surface area contributed by atoms with E-state index < -0.39 is 0 Å². The van der Waals surface area contributed by atoms with Crippen molar-refractivity contribution in [3.8, 4) is 5.75 Å². The summed E-state index contributed by atoms with van der Waals surface area (Å²) in [5, 5.41) is 12.5. The molecule has 0 amide bonds. The van der Waals surface area contributed by atoms with E-state index in [0.29, 0.717) is 5.75 Å². The van der Waals surface area contributed by atoms with Crippen LogP contribution >= 0.6 is 11.8 Å². The van der Waals surface area contributed by atoms with Gasteiger partial charge in [-0.05, 0) is 47.8 Å². The number of nitrogens with zero attached hydrogens (tertiary/aromatic N) is 1. The highest BCUT2D eigenvalue weighted by Crippen LogP contribution is 2.28. The summed E-state index contributed by atoms with van der Waals surface area (Å²) in [5.74, 6) is 0.369. The molecule has 0 atom stereocenters. The molecule has 0 aliphatic carbocycles. The maximum absolute atomic E-state index is 10.3. The van der Waals surface area contributed by atoms with Gasteiger partial charge in [0.05, 0.1) is 0 Å². The number of rotatable bonds is 5. The second kappa shape index (κ2) is 7.07. The molecule has 3 heteroatoms. The fourth-order valence-electron chi connectivity index (χ4n) is 2.86. The van der Waals surface area contributed by atoms with Gasteiger partial charge in [-0.3, -0.25) is 4.90 Å². The first-order valence-corrected chi connectivity index (χ1v) is 8.91. The standard InChI is InChI=1S/C20H21NOS/c1-21(13-15-7-10-17(23-2)11-8-15)14-19-18-6-4-3-5-16(18)9-12-20(19)22/h3-12,22H,13-14H2,1-2H3. The van der Waals surface area contributed by atoms with Crippen LogP contribution in [0.2, 0.25) is 0 Å². The van der Waals surface area contributed by atoms with Gasteiger partial charge in [0, 0.05) is 23.5 Å². The van der Waals surface area contributed by atoms with Crippen LogP contribution in [-0.2, 0) is 13.1 Å². The third-order valence-corrected chi connectivity index (χ3v) is 4.80. The van der Waals surface area contributed by atoms with Gasteiger partial charge in [-0.15, -0.1) is 11.8 Å². The summed E-state index contributed by atoms with van der Waals surface area (Å²) in [6, 6.07) is 20.6. The number of thioether (sulfide) groups is 1. The maximum Gasteiger partial charge on any atom is 0.120 e. The Morgan fingerprint density at radius 1 is 0.913 bits per heavy atom. The van der Waals surface area contributed by atoms with Gasteiger partial charge in [0.15, 0.2) is 0 Å². The van der Waals surface area contributed by atoms with Crippen LogP contribution in [0.15, 0.2) is 65.6 Å². The van der Waals surface area contributed by atoms with Crippen LogP contribution in [0.4, 0.5) is 0 Å². The Hall–Kier alpha value is -1.97. The summed E-state index contributed by atoms with van der Waals surface area (Å²) in [4.78, 5) is 3.51. The molecule has 0 saturated carbocycles. The molecule has 0 aliphatic rings. The predicted molar refractivity (Wildman–Crippen MR) is 99.0 cm³/mol. The van der Waals surface area contributed by atoms with Crippen LogP contribution in [0.25, 0.3) is 10.8 Å². The Bertz CT molecular complexity index is 798. The zero-order chi connectivity index (χ0) is 16.2. The van der Waals surface area contributed by atoms with E-state index in [-0.39, 0.29) is 0 Å². The topological polar surface area (TPSA) is 23.5 Å². The largest absolute Gasteiger partial charge is 0.508 e. The Labute approximate surface area is 141 Å². The van der Waals surface area contributed by atoms with Gasteiger partial charge < -0.3 is 5.11 Å². The SMILES string of the molecule is CSc1ccc(CN(C)Cc2c(O)ccc3ccccc23)cc1. The second-order valence-corrected chi connectivity index (χ2v) is 6.68. The molecule has 0 fully saturated rings. The average molecular weight is 323 g/mol. The molecule has 0 radical (unpaired) electrons. The summed E-state index contributed by atoms with van der Waals surface area (Å²) >= 11 is 1.76. The third kappa shape index (κ3) is 3.69. The highest BCUT2D eigenvalue weighted by Gasteiger charge is 2.10. The zero-order valence-electron chi connectivity index (χ0n) is 13.5. The van der Waals surface area contributed by atoms with E-state index in [4.69, 9.17) is 0 Å². The molecule has 3 aromatic rings. The van der Waals surface area contributed by atoms with Crippen molar-refractivity contribution in [1.82, 2.24) is 4.90 Å². The Morgan fingerprint density at radius 2 is 1.65 bits per heavy atom. The van der Waals surface area contributed by atoms with E-state index in [2.05, 4.69) is 54.6 Å². The molecule has 0 bridgehead atoms. The minimum absolute atomic E-state index is 0.369. The monoisotopic (exact) mass is 323 g/mol. The van der Waals surface area contributed by atoms with Crippen molar-refractivity contribution in [3.05, 3.63) is 71.8 Å². The minimum Gasteiger partial charge on any atom is -0.508 e. The lowest BCUT2D eigenvalue weighted by Gasteiger charge is -2.19. The quantitative estimate of drug-likeness (QED) is 0.676. The molecule has 118 valence electrons. The number of hydrogen-bond donors (Lipinski definition) is 1. The van der Waals surface area contributed by atoms with Gasteiger partial charge in [0.25, 0.3) is 0 Å². The lowest BCUT2D eigenvalue weighted by atomic mass is 10.0. The second-order valence-electron chi connectivity index (χ2n) is 5.80. The lowest BCUT2D eigenvalue weighted by Crippen LogP contribution is -2.17. The van der Waals surface area contributed by atoms with Crippen molar-refractivity contribution in [3.63, 3.8) is 0 Å². The van der Waals surface area contributed by atoms with E-state index in [1.165, 1.54) is 10.5 Å². The van der Waals surface area contributed by atoms with Crippen LogP contribution < -0.4 is 0 Å². The summed E-state index contributed by atoms with van der Waals surface area (Å²) < 4.78 is 0. The van der Waals surface area contributed by atoms with Crippen LogP contribution in [0, 0.1) is 0 Å². The fourth-order valence-corrected chi connectivity index (χ4v) is 3.27. The first kappa shape index (κ1) is 15.9. The van der Waals surface area contributed by atoms with E-state index >= 15 is 0 Å². The van der Waals surface area contributed by atoms with E-state index in [1.54, 1.807) is 17.8 Å². The minimum atomic E-state index is 0.369. The zero-order valence-corrected chi connectivity index (χ0v) is 14.3. The van der Waals surface area contributed by atoms with Crippen LogP contribution in [-0.4, -0.2) is 23.3 Å². The molecular weight excluding hydrogens is 302 g/mol. The Kier molecular flexibility index (Phi) is 4.89. The summed E-state index contributed by atoms with van der Waals surface area (Å²) in [7, 11) is 2.09. The van der Waals surface area contributed by atoms with Crippen molar-refractivity contribution in [2.24, 2.45) is 0 Å². The van der Waals surface area contributed by atoms with Crippen molar-refractivity contribution in [1.29, 1.82) is 0 Å². The summed E-state index contributed by atoms with van der Waals surface area (Å²) in [6.45, 7) is 1.58. The smallest absolute Gasteiger partial charge is 0.120 e. The first-order valence-electron chi connectivity index (χ1n) is 7.68. The third-order valence-electron chi connectivity index (χ3n) is 4.06. The Morgan fingerprint density at radius 3 is 2.39 bits per heavy atom. The average Bonchev–Trinajstić information content (AvgIpc) is 2.58. The van der Waals surface area contributed by atoms with E-state index in [1.807, 2.05) is 18.2 Å². The van der Waals surface area contributed by atoms with E-state index in [9.17, 15) is 5.11 Å². The van der Waals surface area contributed by atoms with Crippen LogP contribution in [0.5, 0.6) is 5.75 Å². The van der Waals surface area contributed by atoms with Gasteiger partial charge in [-0.1, -0.05) is 42.5 Å². The molecule has 0 saturated heterocycles.